The third-order valence-electron chi connectivity index (χ3n) is 16.2. The number of aliphatic carboxylic acids is 3. The second-order valence-corrected chi connectivity index (χ2v) is 23.8. The number of carbonyl (C=O) groups excluding carboxylic acids is 3. The molecule has 19 nitrogen and oxygen atoms in total. The fraction of sp³-hybridized carbons (Fsp3) is 0.325. The van der Waals surface area contributed by atoms with E-state index in [0.29, 0.717) is 104 Å². The normalized spacial score (nSPS) is 14.0. The molecule has 2 aliphatic heterocycles. The lowest BCUT2D eigenvalue weighted by molar-refractivity contribution is -0.153. The smallest absolute Gasteiger partial charge is 0.323 e. The first-order valence-corrected chi connectivity index (χ1v) is 33.5. The van der Waals surface area contributed by atoms with Gasteiger partial charge in [-0.2, -0.15) is 0 Å². The average Bonchev–Trinajstić information content (AvgIpc) is 0.978. The van der Waals surface area contributed by atoms with E-state index >= 15 is 0 Å². The summed E-state index contributed by atoms with van der Waals surface area (Å²) in [7, 11) is 0. The molecule has 0 bridgehead atoms. The first-order valence-electron chi connectivity index (χ1n) is 33.5. The van der Waals surface area contributed by atoms with Crippen LogP contribution >= 0.6 is 0 Å². The highest BCUT2D eigenvalue weighted by atomic mass is 16.7. The van der Waals surface area contributed by atoms with Crippen LogP contribution in [0.25, 0.3) is 0 Å². The quantitative estimate of drug-likeness (QED) is 0.0213. The minimum atomic E-state index is -1.17. The molecule has 2 saturated heterocycles. The van der Waals surface area contributed by atoms with Crippen LogP contribution in [0.5, 0.6) is 0 Å². The van der Waals surface area contributed by atoms with Gasteiger partial charge in [0.05, 0.1) is 26.4 Å². The van der Waals surface area contributed by atoms with Crippen LogP contribution in [0.3, 0.4) is 0 Å². The number of benzene rings is 8. The number of nitrogens with zero attached hydrogens (tertiary/aromatic N) is 3. The van der Waals surface area contributed by atoms with Gasteiger partial charge in [0, 0.05) is 65.0 Å². The molecule has 0 aromatic heterocycles. The fourth-order valence-corrected chi connectivity index (χ4v) is 11.1. The lowest BCUT2D eigenvalue weighted by atomic mass is 10.1. The molecule has 0 spiro atoms. The lowest BCUT2D eigenvalue weighted by Gasteiger charge is -2.31. The van der Waals surface area contributed by atoms with Gasteiger partial charge < -0.3 is 54.3 Å². The van der Waals surface area contributed by atoms with Crippen molar-refractivity contribution >= 4 is 36.1 Å². The Bertz CT molecular complexity index is 3420. The molecule has 19 heteroatoms. The minimum absolute atomic E-state index is 0.0231. The van der Waals surface area contributed by atoms with Crippen LogP contribution in [-0.2, 0) is 110 Å². The molecule has 8 aromatic carbocycles. The minimum Gasteiger partial charge on any atom is -0.481 e. The number of rotatable bonds is 35. The van der Waals surface area contributed by atoms with Crippen molar-refractivity contribution in [3.8, 4) is 0 Å². The van der Waals surface area contributed by atoms with Gasteiger partial charge in [-0.1, -0.05) is 243 Å². The van der Waals surface area contributed by atoms with E-state index in [4.69, 9.17) is 44.4 Å². The molecule has 0 radical (unpaired) electrons. The monoisotopic (exact) mass is 1350 g/mol. The SMILES string of the molecule is N[C@@H](CCC(=O)O)C(=O)O.O=C(O)[C@H](CCC1OCCO1)N(Cc1ccccc1)Cc1ccccc1.O=C(OCc1ccccc1)[C@H](CCC1OCCO1)N(Cc1ccccc1)Cc1ccccc1.O=CCC[C@@H](C(=O)OCc1ccccc1)N(Cc1ccccc1)Cc1ccccc1. The molecule has 0 saturated carbocycles. The van der Waals surface area contributed by atoms with Crippen molar-refractivity contribution in [3.05, 3.63) is 287 Å². The van der Waals surface area contributed by atoms with Gasteiger partial charge in [-0.25, -0.2) is 0 Å². The number of carboxylic acid groups (broad SMARTS) is 3. The Morgan fingerprint density at radius 2 is 0.646 bits per heavy atom. The molecular weight excluding hydrogens is 1260 g/mol. The average molecular weight is 1350 g/mol. The van der Waals surface area contributed by atoms with E-state index in [-0.39, 0.29) is 50.6 Å². The zero-order valence-electron chi connectivity index (χ0n) is 55.9. The summed E-state index contributed by atoms with van der Waals surface area (Å²) in [4.78, 5) is 75.7. The zero-order valence-corrected chi connectivity index (χ0v) is 55.9. The molecule has 0 unspecified atom stereocenters. The molecular formula is C80H92N4O15. The van der Waals surface area contributed by atoms with Crippen LogP contribution in [0.15, 0.2) is 243 Å². The number of ether oxygens (including phenoxy) is 6. The van der Waals surface area contributed by atoms with Gasteiger partial charge in [-0.3, -0.25) is 38.7 Å². The number of hydrogen-bond donors (Lipinski definition) is 4. The van der Waals surface area contributed by atoms with Gasteiger partial charge in [0.15, 0.2) is 12.6 Å². The first-order chi connectivity index (χ1) is 48.3. The number of esters is 2. The molecule has 8 aromatic rings. The summed E-state index contributed by atoms with van der Waals surface area (Å²) in [5.74, 6) is -3.52. The van der Waals surface area contributed by atoms with E-state index < -0.39 is 42.1 Å². The molecule has 99 heavy (non-hydrogen) atoms. The van der Waals surface area contributed by atoms with Gasteiger partial charge in [-0.15, -0.1) is 0 Å². The Balaban J connectivity index is 0.000000196. The molecule has 2 fully saturated rings. The fourth-order valence-electron chi connectivity index (χ4n) is 11.1. The summed E-state index contributed by atoms with van der Waals surface area (Å²) in [6, 6.07) is 77.4. The van der Waals surface area contributed by atoms with E-state index in [9.17, 15) is 33.9 Å². The predicted octanol–water partition coefficient (Wildman–Crippen LogP) is 12.3. The van der Waals surface area contributed by atoms with Crippen molar-refractivity contribution in [2.24, 2.45) is 5.73 Å². The Hall–Kier alpha value is -9.54. The van der Waals surface area contributed by atoms with E-state index in [1.54, 1.807) is 0 Å². The van der Waals surface area contributed by atoms with Crippen LogP contribution in [0.2, 0.25) is 0 Å². The highest BCUT2D eigenvalue weighted by Crippen LogP contribution is 2.24. The van der Waals surface area contributed by atoms with Crippen LogP contribution < -0.4 is 5.73 Å². The van der Waals surface area contributed by atoms with Crippen LogP contribution in [-0.4, -0.2) is 129 Å². The second kappa shape index (κ2) is 44.4. The van der Waals surface area contributed by atoms with Crippen LogP contribution in [0.1, 0.15) is 95.9 Å². The third-order valence-corrected chi connectivity index (χ3v) is 16.2. The van der Waals surface area contributed by atoms with Crippen molar-refractivity contribution in [2.45, 2.75) is 141 Å². The summed E-state index contributed by atoms with van der Waals surface area (Å²) >= 11 is 0. The summed E-state index contributed by atoms with van der Waals surface area (Å²) in [5.41, 5.74) is 13.7. The van der Waals surface area contributed by atoms with Crippen LogP contribution in [0, 0.1) is 0 Å². The Labute approximate surface area is 580 Å². The number of hydrogen-bond acceptors (Lipinski definition) is 16. The summed E-state index contributed by atoms with van der Waals surface area (Å²) < 4.78 is 33.6. The highest BCUT2D eigenvalue weighted by molar-refractivity contribution is 5.77. The van der Waals surface area contributed by atoms with Gasteiger partial charge >= 0.3 is 29.8 Å². The Morgan fingerprint density at radius 1 is 0.384 bits per heavy atom. The maximum absolute atomic E-state index is 13.4. The molecule has 0 amide bonds. The summed E-state index contributed by atoms with van der Waals surface area (Å²) in [6.07, 6.45) is 3.14. The predicted molar refractivity (Wildman–Crippen MR) is 375 cm³/mol. The maximum atomic E-state index is 13.4. The summed E-state index contributed by atoms with van der Waals surface area (Å²) in [6.45, 7) is 6.51. The molecule has 2 heterocycles. The summed E-state index contributed by atoms with van der Waals surface area (Å²) in [5, 5.41) is 26.1. The Morgan fingerprint density at radius 3 is 0.909 bits per heavy atom. The molecule has 4 atom stereocenters. The van der Waals surface area contributed by atoms with E-state index in [1.165, 1.54) is 0 Å². The number of aldehydes is 1. The zero-order chi connectivity index (χ0) is 70.1. The molecule has 0 aliphatic carbocycles. The standard InChI is InChI=1S/C28H31NO4.C26H27NO3.C21H25NO4.C5H9NO4/c30-28(33-22-25-14-8-3-9-15-25)26(16-17-27-31-18-19-32-27)29(20-23-10-4-1-5-11-23)21-24-12-6-2-7-13-24;28-18-10-17-25(26(29)30-21-24-15-8-3-9-16-24)27(19-22-11-4-1-5-12-22)20-23-13-6-2-7-14-23;23-21(24)19(11-12-20-25-13-14-26-20)22(15-17-7-3-1-4-8-17)16-18-9-5-2-6-10-18;6-3(5(9)10)1-2-4(7)8/h1-15,26-27H,16-22H2;1-9,11-16,18,25H,10,17,19-21H2;1-10,19-20H,11-16H2,(H,23,24);3H,1-2,6H2,(H,7,8)(H,9,10)/t26-;25-;19-;3-/m0000/s1. The van der Waals surface area contributed by atoms with E-state index in [2.05, 4.69) is 34.1 Å². The third kappa shape index (κ3) is 29.6. The van der Waals surface area contributed by atoms with E-state index in [0.717, 1.165) is 50.8 Å². The van der Waals surface area contributed by atoms with Crippen molar-refractivity contribution in [1.29, 1.82) is 0 Å². The number of nitrogens with two attached hydrogens (primary N) is 1. The van der Waals surface area contributed by atoms with Crippen molar-refractivity contribution in [2.75, 3.05) is 26.4 Å². The lowest BCUT2D eigenvalue weighted by Crippen LogP contribution is -2.42. The van der Waals surface area contributed by atoms with Crippen molar-refractivity contribution < 1.29 is 72.5 Å². The van der Waals surface area contributed by atoms with Crippen molar-refractivity contribution in [1.82, 2.24) is 14.7 Å². The maximum Gasteiger partial charge on any atom is 0.323 e. The van der Waals surface area contributed by atoms with Gasteiger partial charge in [0.25, 0.3) is 0 Å². The van der Waals surface area contributed by atoms with E-state index in [1.807, 2.05) is 223 Å². The van der Waals surface area contributed by atoms with Gasteiger partial charge in [0.2, 0.25) is 0 Å². The van der Waals surface area contributed by atoms with Crippen molar-refractivity contribution in [3.63, 3.8) is 0 Å². The first kappa shape index (κ1) is 76.8. The molecule has 5 N–H and O–H groups in total. The molecule has 2 aliphatic rings. The van der Waals surface area contributed by atoms with Gasteiger partial charge in [-0.05, 0) is 70.2 Å². The van der Waals surface area contributed by atoms with Gasteiger partial charge in [0.1, 0.15) is 43.7 Å². The number of carbonyl (C=O) groups is 6. The molecule has 10 rings (SSSR count). The Kier molecular flexibility index (Phi) is 34.4. The largest absolute Gasteiger partial charge is 0.481 e. The molecule has 522 valence electrons. The van der Waals surface area contributed by atoms with Crippen LogP contribution in [0.4, 0.5) is 0 Å². The number of carboxylic acids is 3. The highest BCUT2D eigenvalue weighted by Gasteiger charge is 2.32. The topological polar surface area (TPSA) is 254 Å². The second-order valence-electron chi connectivity index (χ2n) is 23.8.